The van der Waals surface area contributed by atoms with Crippen molar-refractivity contribution in [3.05, 3.63) is 58.4 Å². The monoisotopic (exact) mass is 443 g/mol. The molecule has 0 amide bonds. The van der Waals surface area contributed by atoms with Crippen molar-refractivity contribution in [3.8, 4) is 17.1 Å². The van der Waals surface area contributed by atoms with Crippen molar-refractivity contribution < 1.29 is 9.52 Å². The number of fused-ring (bicyclic) bond motifs is 4. The van der Waals surface area contributed by atoms with Gasteiger partial charge in [-0.2, -0.15) is 0 Å². The van der Waals surface area contributed by atoms with E-state index < -0.39 is 5.63 Å². The maximum atomic E-state index is 13.0. The Morgan fingerprint density at radius 3 is 2.82 bits per heavy atom. The summed E-state index contributed by atoms with van der Waals surface area (Å²) < 4.78 is 5.84. The van der Waals surface area contributed by atoms with Crippen molar-refractivity contribution in [1.29, 1.82) is 0 Å². The Bertz CT molecular complexity index is 1420. The molecule has 1 aliphatic carbocycles. The molecule has 2 atom stereocenters. The van der Waals surface area contributed by atoms with Gasteiger partial charge in [-0.15, -0.1) is 0 Å². The summed E-state index contributed by atoms with van der Waals surface area (Å²) in [6, 6.07) is 13.5. The molecule has 4 aromatic rings. The molecule has 2 fully saturated rings. The van der Waals surface area contributed by atoms with Crippen molar-refractivity contribution >= 4 is 22.0 Å². The van der Waals surface area contributed by atoms with Crippen LogP contribution >= 0.6 is 0 Å². The molecule has 2 N–H and O–H groups in total. The minimum absolute atomic E-state index is 0.174. The van der Waals surface area contributed by atoms with Gasteiger partial charge in [-0.05, 0) is 60.4 Å². The molecule has 170 valence electrons. The predicted molar refractivity (Wildman–Crippen MR) is 129 cm³/mol. The molecule has 0 radical (unpaired) electrons. The number of phenolic OH excluding ortho intramolecular Hbond substituents is 1. The fourth-order valence-corrected chi connectivity index (χ4v) is 6.59. The number of nitrogens with zero attached hydrogens (tertiary/aromatic N) is 2. The Hall–Kier alpha value is -3.12. The van der Waals surface area contributed by atoms with E-state index in [2.05, 4.69) is 35.6 Å². The lowest BCUT2D eigenvalue weighted by molar-refractivity contribution is 0.126. The van der Waals surface area contributed by atoms with E-state index in [1.165, 1.54) is 12.8 Å². The number of nitrogens with one attached hydrogen (secondary N) is 1. The highest BCUT2D eigenvalue weighted by molar-refractivity contribution is 5.86. The van der Waals surface area contributed by atoms with Gasteiger partial charge in [-0.25, -0.2) is 9.78 Å². The number of hydrogen-bond acceptors (Lipinski definition) is 5. The van der Waals surface area contributed by atoms with E-state index in [1.54, 1.807) is 12.1 Å². The summed E-state index contributed by atoms with van der Waals surface area (Å²) in [7, 11) is 0. The molecule has 2 aromatic heterocycles. The minimum atomic E-state index is -0.457. The second-order valence-corrected chi connectivity index (χ2v) is 11.2. The van der Waals surface area contributed by atoms with Crippen LogP contribution in [0.3, 0.4) is 0 Å². The first-order chi connectivity index (χ1) is 15.7. The zero-order valence-electron chi connectivity index (χ0n) is 19.3. The topological polar surface area (TPSA) is 82.4 Å². The lowest BCUT2D eigenvalue weighted by Gasteiger charge is -2.40. The second kappa shape index (κ2) is 6.94. The van der Waals surface area contributed by atoms with Crippen LogP contribution in [0.2, 0.25) is 0 Å². The number of benzene rings is 2. The molecule has 1 saturated carbocycles. The number of phenols is 1. The molecule has 0 spiro atoms. The number of rotatable bonds is 3. The van der Waals surface area contributed by atoms with Crippen LogP contribution in [0.5, 0.6) is 5.75 Å². The quantitative estimate of drug-likeness (QED) is 0.412. The largest absolute Gasteiger partial charge is 0.507 e. The minimum Gasteiger partial charge on any atom is -0.507 e. The highest BCUT2D eigenvalue weighted by Crippen LogP contribution is 2.53. The Labute approximate surface area is 192 Å². The molecule has 3 heterocycles. The fraction of sp³-hybridized carbons (Fsp3) is 0.407. The summed E-state index contributed by atoms with van der Waals surface area (Å²) in [5, 5.41) is 11.5. The van der Waals surface area contributed by atoms with Crippen LogP contribution in [0.1, 0.15) is 45.6 Å². The number of hydrogen-bond donors (Lipinski definition) is 2. The van der Waals surface area contributed by atoms with Gasteiger partial charge in [0.25, 0.3) is 0 Å². The van der Waals surface area contributed by atoms with Crippen molar-refractivity contribution in [1.82, 2.24) is 14.9 Å². The predicted octanol–water partition coefficient (Wildman–Crippen LogP) is 5.44. The number of aromatic hydroxyl groups is 1. The van der Waals surface area contributed by atoms with Crippen LogP contribution in [-0.2, 0) is 6.54 Å². The molecular formula is C27H29N3O3. The molecule has 6 heteroatoms. The molecule has 6 rings (SSSR count). The van der Waals surface area contributed by atoms with E-state index in [0.29, 0.717) is 46.0 Å². The molecule has 0 unspecified atom stereocenters. The Kier molecular flexibility index (Phi) is 4.31. The van der Waals surface area contributed by atoms with Gasteiger partial charge < -0.3 is 14.5 Å². The average molecular weight is 444 g/mol. The van der Waals surface area contributed by atoms with Gasteiger partial charge in [0.2, 0.25) is 0 Å². The Morgan fingerprint density at radius 2 is 2.00 bits per heavy atom. The highest BCUT2D eigenvalue weighted by Gasteiger charge is 2.49. The molecular weight excluding hydrogens is 414 g/mol. The van der Waals surface area contributed by atoms with Crippen LogP contribution in [-0.4, -0.2) is 32.6 Å². The van der Waals surface area contributed by atoms with Crippen LogP contribution in [0, 0.1) is 10.8 Å². The molecule has 1 saturated heterocycles. The van der Waals surface area contributed by atoms with Gasteiger partial charge in [0.1, 0.15) is 22.7 Å². The number of H-pyrrole nitrogens is 1. The van der Waals surface area contributed by atoms with E-state index in [0.717, 1.165) is 29.4 Å². The zero-order chi connectivity index (χ0) is 23.0. The van der Waals surface area contributed by atoms with Gasteiger partial charge in [0, 0.05) is 24.5 Å². The average Bonchev–Trinajstić information content (AvgIpc) is 3.27. The summed E-state index contributed by atoms with van der Waals surface area (Å²) in [5.74, 6) is 0.665. The van der Waals surface area contributed by atoms with Crippen molar-refractivity contribution in [2.24, 2.45) is 10.8 Å². The molecule has 33 heavy (non-hydrogen) atoms. The SMILES string of the molecule is CC1(C)C[C@@H]2C[C@@](C)(CN2Cc2c(O)ccc3cc(-c4nc5ccccc5[nH]4)c(=O)oc23)C1. The van der Waals surface area contributed by atoms with Gasteiger partial charge in [0.15, 0.2) is 0 Å². The number of aromatic nitrogens is 2. The number of imidazole rings is 1. The third kappa shape index (κ3) is 3.44. The summed E-state index contributed by atoms with van der Waals surface area (Å²) in [4.78, 5) is 23.2. The Morgan fingerprint density at radius 1 is 1.18 bits per heavy atom. The van der Waals surface area contributed by atoms with E-state index in [-0.39, 0.29) is 5.75 Å². The fourth-order valence-electron chi connectivity index (χ4n) is 6.59. The summed E-state index contributed by atoms with van der Waals surface area (Å²) in [6.07, 6.45) is 3.54. The first-order valence-electron chi connectivity index (χ1n) is 11.7. The van der Waals surface area contributed by atoms with Gasteiger partial charge >= 0.3 is 5.63 Å². The molecule has 2 aromatic carbocycles. The Balaban J connectivity index is 1.40. The van der Waals surface area contributed by atoms with E-state index >= 15 is 0 Å². The standard InChI is InChI=1S/C27H29N3O3/c1-26(2)11-17-12-27(3,14-26)15-30(17)13-19-22(31)9-8-16-10-18(25(32)33-23(16)19)24-28-20-6-4-5-7-21(20)29-24/h4-10,17,31H,11-15H2,1-3H3,(H,28,29)/t17-,27-/m1/s1. The van der Waals surface area contributed by atoms with Crippen LogP contribution in [0.15, 0.2) is 51.7 Å². The lowest BCUT2D eigenvalue weighted by atomic mass is 9.65. The van der Waals surface area contributed by atoms with Crippen molar-refractivity contribution in [3.63, 3.8) is 0 Å². The van der Waals surface area contributed by atoms with Crippen molar-refractivity contribution in [2.75, 3.05) is 6.54 Å². The van der Waals surface area contributed by atoms with Crippen LogP contribution < -0.4 is 5.63 Å². The van der Waals surface area contributed by atoms with Gasteiger partial charge in [-0.1, -0.05) is 32.9 Å². The van der Waals surface area contributed by atoms with Crippen LogP contribution in [0.25, 0.3) is 33.4 Å². The maximum absolute atomic E-state index is 13.0. The van der Waals surface area contributed by atoms with Crippen molar-refractivity contribution in [2.45, 2.75) is 52.6 Å². The molecule has 6 nitrogen and oxygen atoms in total. The lowest BCUT2D eigenvalue weighted by Crippen LogP contribution is -2.34. The van der Waals surface area contributed by atoms with E-state index in [1.807, 2.05) is 30.3 Å². The van der Waals surface area contributed by atoms with Crippen LogP contribution in [0.4, 0.5) is 0 Å². The van der Waals surface area contributed by atoms with E-state index in [9.17, 15) is 9.90 Å². The maximum Gasteiger partial charge on any atom is 0.347 e. The van der Waals surface area contributed by atoms with E-state index in [4.69, 9.17) is 4.42 Å². The first kappa shape index (κ1) is 20.5. The summed E-state index contributed by atoms with van der Waals surface area (Å²) in [6.45, 7) is 8.66. The second-order valence-electron chi connectivity index (χ2n) is 11.2. The molecule has 2 aliphatic rings. The summed E-state index contributed by atoms with van der Waals surface area (Å²) in [5.41, 5.74) is 3.37. The normalized spacial score (nSPS) is 24.6. The third-order valence-corrected chi connectivity index (χ3v) is 7.51. The number of likely N-dealkylation sites (tertiary alicyclic amines) is 1. The highest BCUT2D eigenvalue weighted by atomic mass is 16.4. The molecule has 1 aliphatic heterocycles. The smallest absolute Gasteiger partial charge is 0.347 e. The van der Waals surface area contributed by atoms with Gasteiger partial charge in [-0.3, -0.25) is 4.90 Å². The number of para-hydroxylation sites is 2. The van der Waals surface area contributed by atoms with Gasteiger partial charge in [0.05, 0.1) is 16.6 Å². The first-order valence-corrected chi connectivity index (χ1v) is 11.7. The third-order valence-electron chi connectivity index (χ3n) is 7.51. The zero-order valence-corrected chi connectivity index (χ0v) is 19.3. The molecule has 2 bridgehead atoms. The summed E-state index contributed by atoms with van der Waals surface area (Å²) >= 11 is 0. The number of aromatic amines is 1.